The fourth-order valence-electron chi connectivity index (χ4n) is 3.26. The number of aromatic nitrogens is 2. The van der Waals surface area contributed by atoms with E-state index in [0.717, 1.165) is 5.56 Å². The number of aromatic hydroxyl groups is 1. The van der Waals surface area contributed by atoms with Gasteiger partial charge in [0.05, 0.1) is 12.7 Å². The highest BCUT2D eigenvalue weighted by molar-refractivity contribution is 6.09. The summed E-state index contributed by atoms with van der Waals surface area (Å²) in [5.74, 6) is -2.29. The molecule has 0 saturated heterocycles. The molecule has 0 saturated carbocycles. The summed E-state index contributed by atoms with van der Waals surface area (Å²) in [5, 5.41) is 35.0. The first kappa shape index (κ1) is 25.0. The number of aliphatic hydroxyl groups is 2. The van der Waals surface area contributed by atoms with Crippen molar-refractivity contribution in [3.8, 4) is 5.75 Å². The summed E-state index contributed by atoms with van der Waals surface area (Å²) in [7, 11) is 0. The van der Waals surface area contributed by atoms with E-state index < -0.39 is 35.4 Å². The first-order valence-corrected chi connectivity index (χ1v) is 10.9. The van der Waals surface area contributed by atoms with Crippen LogP contribution in [0, 0.1) is 5.82 Å². The minimum Gasteiger partial charge on any atom is -0.504 e. The molecule has 10 heteroatoms. The third-order valence-electron chi connectivity index (χ3n) is 5.24. The molecule has 3 aromatic rings. The zero-order valence-corrected chi connectivity index (χ0v) is 18.9. The van der Waals surface area contributed by atoms with Gasteiger partial charge in [0.2, 0.25) is 0 Å². The van der Waals surface area contributed by atoms with Crippen LogP contribution in [0.4, 0.5) is 4.39 Å². The predicted molar refractivity (Wildman–Crippen MR) is 123 cm³/mol. The molecule has 3 rings (SSSR count). The number of hydrogen-bond acceptors (Lipinski definition) is 7. The van der Waals surface area contributed by atoms with Crippen molar-refractivity contribution in [2.45, 2.75) is 38.8 Å². The van der Waals surface area contributed by atoms with Crippen LogP contribution in [0.3, 0.4) is 0 Å². The van der Waals surface area contributed by atoms with E-state index >= 15 is 0 Å². The van der Waals surface area contributed by atoms with E-state index in [-0.39, 0.29) is 35.6 Å². The summed E-state index contributed by atoms with van der Waals surface area (Å²) in [6, 6.07) is 6.96. The molecule has 5 N–H and O–H groups in total. The van der Waals surface area contributed by atoms with Crippen LogP contribution >= 0.6 is 0 Å². The Hall–Kier alpha value is -3.63. The van der Waals surface area contributed by atoms with Crippen LogP contribution in [0.15, 0.2) is 36.5 Å². The maximum absolute atomic E-state index is 13.2. The molecule has 180 valence electrons. The predicted octanol–water partition coefficient (Wildman–Crippen LogP) is 1.68. The van der Waals surface area contributed by atoms with E-state index in [2.05, 4.69) is 20.6 Å². The Morgan fingerprint density at radius 3 is 2.47 bits per heavy atom. The highest BCUT2D eigenvalue weighted by Gasteiger charge is 2.24. The monoisotopic (exact) mass is 470 g/mol. The van der Waals surface area contributed by atoms with Gasteiger partial charge in [-0.05, 0) is 49.1 Å². The largest absolute Gasteiger partial charge is 0.504 e. The zero-order chi connectivity index (χ0) is 24.8. The number of nitrogens with zero attached hydrogens (tertiary/aromatic N) is 2. The highest BCUT2D eigenvalue weighted by Crippen LogP contribution is 2.29. The van der Waals surface area contributed by atoms with Crippen LogP contribution in [-0.4, -0.2) is 62.4 Å². The Balaban J connectivity index is 2.07. The number of carbonyl (C=O) groups excluding carboxylic acids is 2. The molecule has 0 aliphatic carbocycles. The first-order chi connectivity index (χ1) is 16.2. The van der Waals surface area contributed by atoms with E-state index in [9.17, 15) is 29.3 Å². The number of amides is 2. The van der Waals surface area contributed by atoms with Crippen LogP contribution in [0.1, 0.15) is 52.4 Å². The molecule has 1 aromatic carbocycles. The summed E-state index contributed by atoms with van der Waals surface area (Å²) < 4.78 is 13.2. The van der Waals surface area contributed by atoms with Gasteiger partial charge in [-0.3, -0.25) is 14.6 Å². The van der Waals surface area contributed by atoms with Crippen molar-refractivity contribution in [3.05, 3.63) is 64.9 Å². The molecule has 0 aliphatic rings. The van der Waals surface area contributed by atoms with Crippen LogP contribution in [0.2, 0.25) is 0 Å². The van der Waals surface area contributed by atoms with Gasteiger partial charge in [-0.15, -0.1) is 0 Å². The van der Waals surface area contributed by atoms with Gasteiger partial charge in [0, 0.05) is 24.2 Å². The average Bonchev–Trinajstić information content (AvgIpc) is 2.83. The standard InChI is InChI=1S/C24H27FN4O5/c1-3-17(31)11-27-23(33)20-18-9-15(8-14-4-6-16(25)7-5-14)10-26-19(18)22(32)21(29-20)24(34)28-13(2)12-30/h4-7,9-10,13,17,30-32H,3,8,11-12H2,1-2H3,(H,27,33)(H,28,34). The maximum Gasteiger partial charge on any atom is 0.274 e. The second-order valence-corrected chi connectivity index (χ2v) is 8.03. The molecule has 34 heavy (non-hydrogen) atoms. The van der Waals surface area contributed by atoms with Crippen molar-refractivity contribution in [3.63, 3.8) is 0 Å². The molecular weight excluding hydrogens is 443 g/mol. The maximum atomic E-state index is 13.2. The lowest BCUT2D eigenvalue weighted by atomic mass is 10.0. The minimum absolute atomic E-state index is 0.000785. The summed E-state index contributed by atoms with van der Waals surface area (Å²) in [6.07, 6.45) is 1.55. The van der Waals surface area contributed by atoms with Gasteiger partial charge in [-0.1, -0.05) is 19.1 Å². The molecule has 2 amide bonds. The van der Waals surface area contributed by atoms with Crippen LogP contribution in [-0.2, 0) is 6.42 Å². The lowest BCUT2D eigenvalue weighted by molar-refractivity contribution is 0.0906. The molecule has 2 heterocycles. The van der Waals surface area contributed by atoms with E-state index in [0.29, 0.717) is 18.4 Å². The number of hydrogen-bond donors (Lipinski definition) is 5. The average molecular weight is 471 g/mol. The smallest absolute Gasteiger partial charge is 0.274 e. The molecule has 0 fully saturated rings. The Morgan fingerprint density at radius 1 is 1.12 bits per heavy atom. The molecular formula is C24H27FN4O5. The number of benzene rings is 1. The molecule has 2 aromatic heterocycles. The van der Waals surface area contributed by atoms with Gasteiger partial charge < -0.3 is 26.0 Å². The van der Waals surface area contributed by atoms with Crippen molar-refractivity contribution >= 4 is 22.7 Å². The fraction of sp³-hybridized carbons (Fsp3) is 0.333. The molecule has 0 spiro atoms. The van der Waals surface area contributed by atoms with Gasteiger partial charge in [0.25, 0.3) is 11.8 Å². The quantitative estimate of drug-likeness (QED) is 0.320. The van der Waals surface area contributed by atoms with Crippen molar-refractivity contribution in [1.29, 1.82) is 0 Å². The summed E-state index contributed by atoms with van der Waals surface area (Å²) in [5.41, 5.74) is 0.930. The Labute approximate surface area is 195 Å². The number of fused-ring (bicyclic) bond motifs is 1. The number of aliphatic hydroxyl groups excluding tert-OH is 2. The second kappa shape index (κ2) is 11.0. The summed E-state index contributed by atoms with van der Waals surface area (Å²) >= 11 is 0. The van der Waals surface area contributed by atoms with Gasteiger partial charge in [0.1, 0.15) is 17.0 Å². The third-order valence-corrected chi connectivity index (χ3v) is 5.24. The molecule has 0 bridgehead atoms. The van der Waals surface area contributed by atoms with Crippen LogP contribution in [0.25, 0.3) is 10.9 Å². The van der Waals surface area contributed by atoms with Crippen LogP contribution in [0.5, 0.6) is 5.75 Å². The Morgan fingerprint density at radius 2 is 1.82 bits per heavy atom. The van der Waals surface area contributed by atoms with Gasteiger partial charge >= 0.3 is 0 Å². The second-order valence-electron chi connectivity index (χ2n) is 8.03. The van der Waals surface area contributed by atoms with Gasteiger partial charge in [-0.25, -0.2) is 9.37 Å². The molecule has 0 aliphatic heterocycles. The minimum atomic E-state index is -0.777. The number of rotatable bonds is 9. The van der Waals surface area contributed by atoms with E-state index in [1.54, 1.807) is 32.0 Å². The normalized spacial score (nSPS) is 12.9. The highest BCUT2D eigenvalue weighted by atomic mass is 19.1. The molecule has 9 nitrogen and oxygen atoms in total. The molecule has 2 atom stereocenters. The first-order valence-electron chi connectivity index (χ1n) is 10.9. The Bertz CT molecular complexity index is 1190. The van der Waals surface area contributed by atoms with E-state index in [4.69, 9.17) is 0 Å². The fourth-order valence-corrected chi connectivity index (χ4v) is 3.26. The van der Waals surface area contributed by atoms with Crippen molar-refractivity contribution in [2.24, 2.45) is 0 Å². The lowest BCUT2D eigenvalue weighted by Crippen LogP contribution is -2.36. The number of carbonyl (C=O) groups is 2. The van der Waals surface area contributed by atoms with Crippen molar-refractivity contribution in [2.75, 3.05) is 13.2 Å². The SMILES string of the molecule is CCC(O)CNC(=O)c1nc(C(=O)NC(C)CO)c(O)c2ncc(Cc3ccc(F)cc3)cc12. The molecule has 0 radical (unpaired) electrons. The van der Waals surface area contributed by atoms with Gasteiger partial charge in [-0.2, -0.15) is 0 Å². The lowest BCUT2D eigenvalue weighted by Gasteiger charge is -2.15. The number of nitrogens with one attached hydrogen (secondary N) is 2. The van der Waals surface area contributed by atoms with E-state index in [1.165, 1.54) is 18.3 Å². The topological polar surface area (TPSA) is 145 Å². The van der Waals surface area contributed by atoms with Crippen LogP contribution < -0.4 is 10.6 Å². The Kier molecular flexibility index (Phi) is 8.08. The van der Waals surface area contributed by atoms with Crippen molar-refractivity contribution in [1.82, 2.24) is 20.6 Å². The summed E-state index contributed by atoms with van der Waals surface area (Å²) in [4.78, 5) is 34.0. The zero-order valence-electron chi connectivity index (χ0n) is 18.9. The van der Waals surface area contributed by atoms with Gasteiger partial charge in [0.15, 0.2) is 11.4 Å². The number of pyridine rings is 2. The van der Waals surface area contributed by atoms with Crippen molar-refractivity contribution < 1.29 is 29.3 Å². The third kappa shape index (κ3) is 5.83. The van der Waals surface area contributed by atoms with E-state index in [1.807, 2.05) is 0 Å². The molecule has 2 unspecified atom stereocenters. The number of halogens is 1. The summed E-state index contributed by atoms with van der Waals surface area (Å²) in [6.45, 7) is 2.98.